The number of carbonyl (C=O) groups excluding carboxylic acids is 3. The normalized spacial score (nSPS) is 18.1. The fourth-order valence-electron chi connectivity index (χ4n) is 5.06. The van der Waals surface area contributed by atoms with Crippen molar-refractivity contribution in [2.24, 2.45) is 0 Å². The van der Waals surface area contributed by atoms with Crippen molar-refractivity contribution in [3.05, 3.63) is 80.1 Å². The number of nitrogens with one attached hydrogen (secondary N) is 2. The van der Waals surface area contributed by atoms with E-state index in [0.29, 0.717) is 46.0 Å². The number of benzene rings is 2. The molecule has 8 heteroatoms. The van der Waals surface area contributed by atoms with Crippen LogP contribution in [0, 0.1) is 0 Å². The molecule has 1 amide bonds. The maximum absolute atomic E-state index is 13.1. The number of allylic oxidation sites excluding steroid dienone is 4. The Morgan fingerprint density at radius 1 is 1.00 bits per heavy atom. The SMILES string of the molecule is O=C(COc1ccc(Br)cc1C1C2=C(CCCC2=O)NC2=C1C(=O)CCC2)Nc1ccccc1Cl. The summed E-state index contributed by atoms with van der Waals surface area (Å²) in [5, 5.41) is 6.61. The molecule has 3 aliphatic rings. The molecule has 2 aromatic rings. The van der Waals surface area contributed by atoms with E-state index in [4.69, 9.17) is 16.3 Å². The van der Waals surface area contributed by atoms with Crippen molar-refractivity contribution in [3.63, 3.8) is 0 Å². The number of anilines is 1. The van der Waals surface area contributed by atoms with Crippen molar-refractivity contribution in [2.75, 3.05) is 11.9 Å². The first-order valence-electron chi connectivity index (χ1n) is 11.7. The molecule has 0 unspecified atom stereocenters. The number of halogens is 2. The third-order valence-electron chi connectivity index (χ3n) is 6.58. The molecule has 0 spiro atoms. The van der Waals surface area contributed by atoms with Crippen LogP contribution in [0.25, 0.3) is 0 Å². The summed E-state index contributed by atoms with van der Waals surface area (Å²) in [6.07, 6.45) is 4.03. The van der Waals surface area contributed by atoms with E-state index in [1.165, 1.54) is 0 Å². The van der Waals surface area contributed by atoms with Crippen LogP contribution in [0.4, 0.5) is 5.69 Å². The number of carbonyl (C=O) groups is 3. The first-order valence-corrected chi connectivity index (χ1v) is 12.9. The average Bonchev–Trinajstić information content (AvgIpc) is 2.84. The van der Waals surface area contributed by atoms with Crippen molar-refractivity contribution >= 4 is 50.7 Å². The van der Waals surface area contributed by atoms with E-state index in [2.05, 4.69) is 26.6 Å². The Morgan fingerprint density at radius 3 is 2.31 bits per heavy atom. The van der Waals surface area contributed by atoms with E-state index in [-0.39, 0.29) is 24.1 Å². The minimum Gasteiger partial charge on any atom is -0.483 e. The zero-order valence-corrected chi connectivity index (χ0v) is 21.3. The molecular formula is C27H24BrClN2O4. The minimum atomic E-state index is -0.513. The highest BCUT2D eigenvalue weighted by Crippen LogP contribution is 2.48. The summed E-state index contributed by atoms with van der Waals surface area (Å²) in [6, 6.07) is 12.5. The van der Waals surface area contributed by atoms with E-state index in [1.807, 2.05) is 12.1 Å². The van der Waals surface area contributed by atoms with Gasteiger partial charge in [-0.25, -0.2) is 0 Å². The Morgan fingerprint density at radius 2 is 1.66 bits per heavy atom. The molecule has 6 nitrogen and oxygen atoms in total. The third-order valence-corrected chi connectivity index (χ3v) is 7.40. The highest BCUT2D eigenvalue weighted by atomic mass is 79.9. The molecule has 180 valence electrons. The van der Waals surface area contributed by atoms with Crippen LogP contribution < -0.4 is 15.4 Å². The summed E-state index contributed by atoms with van der Waals surface area (Å²) < 4.78 is 6.79. The minimum absolute atomic E-state index is 0.0519. The number of ketones is 2. The molecule has 0 fully saturated rings. The zero-order chi connectivity index (χ0) is 24.5. The number of dihydropyridines is 1. The van der Waals surface area contributed by atoms with Crippen molar-refractivity contribution in [3.8, 4) is 5.75 Å². The van der Waals surface area contributed by atoms with Gasteiger partial charge in [0.2, 0.25) is 0 Å². The standard InChI is InChI=1S/C27H24BrClN2O4/c28-15-11-12-23(35-14-24(34)31-18-6-2-1-5-17(18)29)16(13-15)25-26-19(7-3-9-21(26)32)30-20-8-4-10-22(33)27(20)25/h1-2,5-6,11-13,25,30H,3-4,7-10,14H2,(H,31,34). The maximum Gasteiger partial charge on any atom is 0.262 e. The monoisotopic (exact) mass is 554 g/mol. The smallest absolute Gasteiger partial charge is 0.262 e. The van der Waals surface area contributed by atoms with Crippen LogP contribution in [-0.2, 0) is 14.4 Å². The van der Waals surface area contributed by atoms with Crippen molar-refractivity contribution in [1.29, 1.82) is 0 Å². The second kappa shape index (κ2) is 9.99. The first-order chi connectivity index (χ1) is 16.9. The lowest BCUT2D eigenvalue weighted by atomic mass is 9.71. The molecule has 2 N–H and O–H groups in total. The summed E-state index contributed by atoms with van der Waals surface area (Å²) in [7, 11) is 0. The van der Waals surface area contributed by atoms with Gasteiger partial charge in [0.1, 0.15) is 5.75 Å². The van der Waals surface area contributed by atoms with Crippen LogP contribution in [0.15, 0.2) is 69.5 Å². The molecule has 0 bridgehead atoms. The van der Waals surface area contributed by atoms with Crippen molar-refractivity contribution in [2.45, 2.75) is 44.4 Å². The van der Waals surface area contributed by atoms with Crippen LogP contribution in [0.5, 0.6) is 5.75 Å². The van der Waals surface area contributed by atoms with Crippen molar-refractivity contribution < 1.29 is 19.1 Å². The van der Waals surface area contributed by atoms with Gasteiger partial charge in [-0.3, -0.25) is 14.4 Å². The lowest BCUT2D eigenvalue weighted by Crippen LogP contribution is -2.36. The summed E-state index contributed by atoms with van der Waals surface area (Å²) >= 11 is 9.68. The fourth-order valence-corrected chi connectivity index (χ4v) is 5.62. The molecule has 0 saturated carbocycles. The molecule has 0 radical (unpaired) electrons. The van der Waals surface area contributed by atoms with Gasteiger partial charge in [-0.1, -0.05) is 39.7 Å². The van der Waals surface area contributed by atoms with Crippen LogP contribution >= 0.6 is 27.5 Å². The molecule has 0 aromatic heterocycles. The Labute approximate surface area is 216 Å². The van der Waals surface area contributed by atoms with Gasteiger partial charge in [0, 0.05) is 51.3 Å². The van der Waals surface area contributed by atoms with E-state index in [1.54, 1.807) is 30.3 Å². The van der Waals surface area contributed by atoms with Crippen LogP contribution in [0.2, 0.25) is 5.02 Å². The third kappa shape index (κ3) is 4.80. The summed E-state index contributed by atoms with van der Waals surface area (Å²) in [4.78, 5) is 38.9. The van der Waals surface area contributed by atoms with Gasteiger partial charge in [-0.2, -0.15) is 0 Å². The van der Waals surface area contributed by atoms with Crippen molar-refractivity contribution in [1.82, 2.24) is 5.32 Å². The highest BCUT2D eigenvalue weighted by molar-refractivity contribution is 9.10. The zero-order valence-electron chi connectivity index (χ0n) is 19.0. The molecule has 2 aromatic carbocycles. The molecular weight excluding hydrogens is 532 g/mol. The van der Waals surface area contributed by atoms with Crippen LogP contribution in [0.1, 0.15) is 50.0 Å². The second-order valence-electron chi connectivity index (χ2n) is 8.89. The number of rotatable bonds is 5. The lowest BCUT2D eigenvalue weighted by molar-refractivity contribution is -0.119. The van der Waals surface area contributed by atoms with Gasteiger partial charge >= 0.3 is 0 Å². The van der Waals surface area contributed by atoms with E-state index in [9.17, 15) is 14.4 Å². The van der Waals surface area contributed by atoms with E-state index >= 15 is 0 Å². The van der Waals surface area contributed by atoms with Crippen LogP contribution in [-0.4, -0.2) is 24.1 Å². The number of ether oxygens (including phenoxy) is 1. The van der Waals surface area contributed by atoms with E-state index in [0.717, 1.165) is 41.6 Å². The van der Waals surface area contributed by atoms with Gasteiger partial charge in [0.15, 0.2) is 18.2 Å². The maximum atomic E-state index is 13.1. The Bertz CT molecular complexity index is 1260. The predicted octanol–water partition coefficient (Wildman–Crippen LogP) is 5.82. The highest BCUT2D eigenvalue weighted by Gasteiger charge is 2.41. The Balaban J connectivity index is 1.49. The predicted molar refractivity (Wildman–Crippen MR) is 137 cm³/mol. The van der Waals surface area contributed by atoms with E-state index < -0.39 is 5.92 Å². The molecule has 0 saturated heterocycles. The molecule has 5 rings (SSSR count). The lowest BCUT2D eigenvalue weighted by Gasteiger charge is -2.37. The Kier molecular flexibility index (Phi) is 6.80. The van der Waals surface area contributed by atoms with Gasteiger partial charge < -0.3 is 15.4 Å². The first kappa shape index (κ1) is 23.8. The number of para-hydroxylation sites is 1. The average molecular weight is 556 g/mol. The molecule has 2 aliphatic carbocycles. The quantitative estimate of drug-likeness (QED) is 0.486. The van der Waals surface area contributed by atoms with Crippen LogP contribution in [0.3, 0.4) is 0 Å². The molecule has 1 aliphatic heterocycles. The summed E-state index contributed by atoms with van der Waals surface area (Å²) in [6.45, 7) is -0.246. The van der Waals surface area contributed by atoms with Gasteiger partial charge in [0.05, 0.1) is 10.7 Å². The van der Waals surface area contributed by atoms with Gasteiger partial charge in [-0.05, 0) is 56.0 Å². The summed E-state index contributed by atoms with van der Waals surface area (Å²) in [5.74, 6) is -0.308. The second-order valence-corrected chi connectivity index (χ2v) is 10.2. The molecule has 35 heavy (non-hydrogen) atoms. The Hall–Kier alpha value is -2.90. The van der Waals surface area contributed by atoms with Gasteiger partial charge in [0.25, 0.3) is 5.91 Å². The number of hydrogen-bond acceptors (Lipinski definition) is 5. The fraction of sp³-hybridized carbons (Fsp3) is 0.296. The number of amides is 1. The van der Waals surface area contributed by atoms with Gasteiger partial charge in [-0.15, -0.1) is 0 Å². The topological polar surface area (TPSA) is 84.5 Å². The number of Topliss-reactive ketones (excluding diaryl/α,β-unsaturated/α-hetero) is 2. The molecule has 1 heterocycles. The largest absolute Gasteiger partial charge is 0.483 e. The summed E-state index contributed by atoms with van der Waals surface area (Å²) in [5.41, 5.74) is 4.31. The molecule has 0 atom stereocenters. The number of hydrogen-bond donors (Lipinski definition) is 2.